The van der Waals surface area contributed by atoms with E-state index >= 15 is 0 Å². The van der Waals surface area contributed by atoms with Crippen LogP contribution in [0.15, 0.2) is 42.5 Å². The van der Waals surface area contributed by atoms with Gasteiger partial charge in [0.2, 0.25) is 0 Å². The molecule has 2 rings (SSSR count). The fourth-order valence-corrected chi connectivity index (χ4v) is 4.36. The van der Waals surface area contributed by atoms with Crippen molar-refractivity contribution in [2.75, 3.05) is 6.61 Å². The highest BCUT2D eigenvalue weighted by Crippen LogP contribution is 2.41. The highest BCUT2D eigenvalue weighted by atomic mass is 16.5. The van der Waals surface area contributed by atoms with Crippen LogP contribution in [-0.4, -0.2) is 39.6 Å². The standard InChI is InChI=1S/C29H40O5/c1-7-29(8-2,23-10-9-22(20(3)17-23)15-16-28(5,6)33)24-11-13-26(21(4)18-24)34-19-25(30)12-14-27(31)32/h9-11,13,15-18,25,30,33H,7-8,12,14,19H2,1-6H3,(H,31,32)/t25-/m1/s1. The minimum atomic E-state index is -0.924. The first-order valence-corrected chi connectivity index (χ1v) is 12.1. The van der Waals surface area contributed by atoms with Crippen LogP contribution in [0.25, 0.3) is 6.08 Å². The summed E-state index contributed by atoms with van der Waals surface area (Å²) in [7, 11) is 0. The molecule has 0 heterocycles. The van der Waals surface area contributed by atoms with Crippen molar-refractivity contribution in [3.8, 4) is 5.75 Å². The number of hydrogen-bond donors (Lipinski definition) is 3. The fourth-order valence-electron chi connectivity index (χ4n) is 4.36. The Morgan fingerprint density at radius 3 is 2.12 bits per heavy atom. The summed E-state index contributed by atoms with van der Waals surface area (Å²) in [6.45, 7) is 12.1. The van der Waals surface area contributed by atoms with Gasteiger partial charge in [-0.1, -0.05) is 56.3 Å². The molecular formula is C29H40O5. The maximum Gasteiger partial charge on any atom is 0.303 e. The Morgan fingerprint density at radius 2 is 1.62 bits per heavy atom. The Kier molecular flexibility index (Phi) is 9.48. The zero-order chi connectivity index (χ0) is 25.5. The zero-order valence-electron chi connectivity index (χ0n) is 21.4. The number of carboxylic acids is 1. The highest BCUT2D eigenvalue weighted by Gasteiger charge is 2.31. The third-order valence-electron chi connectivity index (χ3n) is 6.55. The number of ether oxygens (including phenoxy) is 1. The van der Waals surface area contributed by atoms with Gasteiger partial charge in [0, 0.05) is 11.8 Å². The summed E-state index contributed by atoms with van der Waals surface area (Å²) in [6.07, 6.45) is 4.94. The molecule has 0 spiro atoms. The Morgan fingerprint density at radius 1 is 1.03 bits per heavy atom. The summed E-state index contributed by atoms with van der Waals surface area (Å²) in [4.78, 5) is 10.7. The van der Waals surface area contributed by atoms with E-state index in [1.807, 2.05) is 25.1 Å². The van der Waals surface area contributed by atoms with E-state index in [2.05, 4.69) is 51.1 Å². The Labute approximate surface area is 204 Å². The van der Waals surface area contributed by atoms with Gasteiger partial charge in [-0.3, -0.25) is 4.79 Å². The van der Waals surface area contributed by atoms with E-state index in [0.29, 0.717) is 5.75 Å². The average Bonchev–Trinajstić information content (AvgIpc) is 2.77. The van der Waals surface area contributed by atoms with Crippen LogP contribution in [-0.2, 0) is 10.2 Å². The highest BCUT2D eigenvalue weighted by molar-refractivity contribution is 5.66. The SMILES string of the molecule is CCC(CC)(c1ccc(C=CC(C)(C)O)c(C)c1)c1ccc(OC[C@H](O)CCC(=O)O)c(C)c1. The van der Waals surface area contributed by atoms with E-state index in [-0.39, 0.29) is 24.9 Å². The van der Waals surface area contributed by atoms with Gasteiger partial charge in [0.05, 0.1) is 11.7 Å². The number of aryl methyl sites for hydroxylation is 2. The zero-order valence-corrected chi connectivity index (χ0v) is 21.4. The van der Waals surface area contributed by atoms with Gasteiger partial charge in [-0.05, 0) is 80.8 Å². The summed E-state index contributed by atoms with van der Waals surface area (Å²) in [5.41, 5.74) is 4.71. The molecule has 0 aliphatic carbocycles. The van der Waals surface area contributed by atoms with E-state index in [4.69, 9.17) is 9.84 Å². The molecule has 0 bridgehead atoms. The number of aliphatic hydroxyl groups is 2. The second kappa shape index (κ2) is 11.7. The molecule has 2 aromatic carbocycles. The van der Waals surface area contributed by atoms with E-state index < -0.39 is 17.7 Å². The molecule has 0 amide bonds. The molecule has 5 nitrogen and oxygen atoms in total. The fraction of sp³-hybridized carbons (Fsp3) is 0.483. The van der Waals surface area contributed by atoms with E-state index in [1.54, 1.807) is 13.8 Å². The minimum absolute atomic E-state index is 0.0684. The molecule has 0 radical (unpaired) electrons. The predicted octanol–water partition coefficient (Wildman–Crippen LogP) is 5.80. The summed E-state index contributed by atoms with van der Waals surface area (Å²) >= 11 is 0. The van der Waals surface area contributed by atoms with Crippen LogP contribution in [0.3, 0.4) is 0 Å². The molecule has 0 fully saturated rings. The van der Waals surface area contributed by atoms with Crippen molar-refractivity contribution in [3.63, 3.8) is 0 Å². The van der Waals surface area contributed by atoms with Gasteiger partial charge in [-0.15, -0.1) is 0 Å². The third-order valence-corrected chi connectivity index (χ3v) is 6.55. The van der Waals surface area contributed by atoms with Gasteiger partial charge in [0.1, 0.15) is 12.4 Å². The number of aliphatic carboxylic acids is 1. The average molecular weight is 469 g/mol. The first-order chi connectivity index (χ1) is 15.9. The van der Waals surface area contributed by atoms with Crippen LogP contribution < -0.4 is 4.74 Å². The smallest absolute Gasteiger partial charge is 0.303 e. The topological polar surface area (TPSA) is 87.0 Å². The molecule has 2 aromatic rings. The van der Waals surface area contributed by atoms with Crippen molar-refractivity contribution in [1.29, 1.82) is 0 Å². The molecule has 0 saturated carbocycles. The number of aliphatic hydroxyl groups excluding tert-OH is 1. The lowest BCUT2D eigenvalue weighted by Gasteiger charge is -2.34. The molecule has 34 heavy (non-hydrogen) atoms. The molecule has 0 aromatic heterocycles. The maximum absolute atomic E-state index is 10.7. The predicted molar refractivity (Wildman–Crippen MR) is 137 cm³/mol. The maximum atomic E-state index is 10.7. The monoisotopic (exact) mass is 468 g/mol. The lowest BCUT2D eigenvalue weighted by atomic mass is 9.70. The van der Waals surface area contributed by atoms with Gasteiger partial charge >= 0.3 is 5.97 Å². The van der Waals surface area contributed by atoms with Crippen LogP contribution in [0.1, 0.15) is 81.2 Å². The molecule has 0 aliphatic rings. The number of hydrogen-bond acceptors (Lipinski definition) is 4. The molecule has 186 valence electrons. The number of benzene rings is 2. The number of carbonyl (C=O) groups is 1. The molecule has 0 unspecified atom stereocenters. The lowest BCUT2D eigenvalue weighted by molar-refractivity contribution is -0.137. The van der Waals surface area contributed by atoms with Crippen LogP contribution in [0.4, 0.5) is 0 Å². The van der Waals surface area contributed by atoms with Crippen LogP contribution in [0.5, 0.6) is 5.75 Å². The van der Waals surface area contributed by atoms with E-state index in [1.165, 1.54) is 11.1 Å². The minimum Gasteiger partial charge on any atom is -0.491 e. The summed E-state index contributed by atoms with van der Waals surface area (Å²) in [6, 6.07) is 12.7. The van der Waals surface area contributed by atoms with Crippen LogP contribution in [0.2, 0.25) is 0 Å². The summed E-state index contributed by atoms with van der Waals surface area (Å²) in [5, 5.41) is 28.8. The van der Waals surface area contributed by atoms with E-state index in [9.17, 15) is 15.0 Å². The third kappa shape index (κ3) is 7.18. The largest absolute Gasteiger partial charge is 0.491 e. The second-order valence-corrected chi connectivity index (χ2v) is 9.73. The van der Waals surface area contributed by atoms with Crippen molar-refractivity contribution >= 4 is 12.0 Å². The van der Waals surface area contributed by atoms with Gasteiger partial charge in [-0.2, -0.15) is 0 Å². The molecule has 3 N–H and O–H groups in total. The molecule has 5 heteroatoms. The summed E-state index contributed by atoms with van der Waals surface area (Å²) < 4.78 is 5.79. The van der Waals surface area contributed by atoms with Crippen molar-refractivity contribution in [2.45, 2.75) is 84.3 Å². The van der Waals surface area contributed by atoms with Crippen LogP contribution >= 0.6 is 0 Å². The normalized spacial score (nSPS) is 13.3. The number of carboxylic acid groups (broad SMARTS) is 1. The molecular weight excluding hydrogens is 428 g/mol. The van der Waals surface area contributed by atoms with Crippen molar-refractivity contribution < 1.29 is 24.9 Å². The lowest BCUT2D eigenvalue weighted by Crippen LogP contribution is -2.26. The second-order valence-electron chi connectivity index (χ2n) is 9.73. The Balaban J connectivity index is 2.30. The molecule has 1 atom stereocenters. The Hall–Kier alpha value is -2.63. The quantitative estimate of drug-likeness (QED) is 0.367. The van der Waals surface area contributed by atoms with Gasteiger partial charge in [-0.25, -0.2) is 0 Å². The van der Waals surface area contributed by atoms with Crippen molar-refractivity contribution in [1.82, 2.24) is 0 Å². The van der Waals surface area contributed by atoms with Gasteiger partial charge in [0.15, 0.2) is 0 Å². The molecule has 0 aliphatic heterocycles. The molecule has 0 saturated heterocycles. The first kappa shape index (κ1) is 27.6. The van der Waals surface area contributed by atoms with Crippen molar-refractivity contribution in [2.24, 2.45) is 0 Å². The van der Waals surface area contributed by atoms with Gasteiger partial charge < -0.3 is 20.1 Å². The van der Waals surface area contributed by atoms with Crippen LogP contribution in [0, 0.1) is 13.8 Å². The first-order valence-electron chi connectivity index (χ1n) is 12.1. The van der Waals surface area contributed by atoms with Crippen molar-refractivity contribution in [3.05, 3.63) is 70.3 Å². The van der Waals surface area contributed by atoms with E-state index in [0.717, 1.165) is 29.5 Å². The number of rotatable bonds is 12. The Bertz CT molecular complexity index is 996. The summed E-state index contributed by atoms with van der Waals surface area (Å²) in [5.74, 6) is -0.228. The van der Waals surface area contributed by atoms with Gasteiger partial charge in [0.25, 0.3) is 0 Å².